The van der Waals surface area contributed by atoms with Crippen molar-refractivity contribution < 1.29 is 4.79 Å². The van der Waals surface area contributed by atoms with Gasteiger partial charge in [0.25, 0.3) is 0 Å². The third kappa shape index (κ3) is 5.94. The first kappa shape index (κ1) is 17.2. The predicted octanol–water partition coefficient (Wildman–Crippen LogP) is 4.83. The van der Waals surface area contributed by atoms with Crippen LogP contribution in [0.3, 0.4) is 0 Å². The topological polar surface area (TPSA) is 41.5 Å². The van der Waals surface area contributed by atoms with Crippen LogP contribution < -0.4 is 5.43 Å². The Balaban J connectivity index is 1.44. The van der Waals surface area contributed by atoms with Gasteiger partial charge < -0.3 is 0 Å². The number of carbonyl (C=O) groups is 1. The highest BCUT2D eigenvalue weighted by atomic mass is 16.2. The zero-order chi connectivity index (χ0) is 15.6. The number of carbonyl (C=O) groups excluding carboxylic acids is 1. The van der Waals surface area contributed by atoms with Crippen molar-refractivity contribution in [2.75, 3.05) is 0 Å². The molecular weight excluding hydrogens is 272 g/mol. The van der Waals surface area contributed by atoms with Gasteiger partial charge in [0, 0.05) is 18.6 Å². The Labute approximate surface area is 135 Å². The molecule has 0 aromatic heterocycles. The van der Waals surface area contributed by atoms with Gasteiger partial charge in [0.05, 0.1) is 0 Å². The minimum atomic E-state index is 0.0703. The molecule has 0 aromatic carbocycles. The molecule has 22 heavy (non-hydrogen) atoms. The second-order valence-electron chi connectivity index (χ2n) is 6.98. The number of hydrogen-bond donors (Lipinski definition) is 1. The highest BCUT2D eigenvalue weighted by Crippen LogP contribution is 2.42. The fraction of sp³-hybridized carbons (Fsp3) is 0.789. The summed E-state index contributed by atoms with van der Waals surface area (Å²) in [7, 11) is 0. The fourth-order valence-electron chi connectivity index (χ4n) is 3.68. The maximum absolute atomic E-state index is 11.7. The van der Waals surface area contributed by atoms with Crippen LogP contribution in [0.5, 0.6) is 0 Å². The summed E-state index contributed by atoms with van der Waals surface area (Å²) in [6, 6.07) is 0. The van der Waals surface area contributed by atoms with Gasteiger partial charge in [0.1, 0.15) is 0 Å². The Kier molecular flexibility index (Phi) is 7.68. The van der Waals surface area contributed by atoms with Crippen molar-refractivity contribution in [2.45, 2.75) is 77.6 Å². The number of unbranched alkanes of at least 4 members (excludes halogenated alkanes) is 7. The minimum Gasteiger partial charge on any atom is -0.273 e. The maximum Gasteiger partial charge on any atom is 0.240 e. The molecule has 2 aliphatic carbocycles. The summed E-state index contributed by atoms with van der Waals surface area (Å²) in [6.45, 7) is 2.25. The molecule has 0 heterocycles. The van der Waals surface area contributed by atoms with Crippen molar-refractivity contribution in [3.63, 3.8) is 0 Å². The van der Waals surface area contributed by atoms with Crippen LogP contribution in [-0.2, 0) is 4.79 Å². The quantitative estimate of drug-likeness (QED) is 0.252. The lowest BCUT2D eigenvalue weighted by Crippen LogP contribution is -2.19. The van der Waals surface area contributed by atoms with Gasteiger partial charge in [-0.25, -0.2) is 5.43 Å². The molecule has 3 heteroatoms. The van der Waals surface area contributed by atoms with Crippen LogP contribution in [0.25, 0.3) is 0 Å². The first-order chi connectivity index (χ1) is 10.8. The van der Waals surface area contributed by atoms with E-state index >= 15 is 0 Å². The van der Waals surface area contributed by atoms with Gasteiger partial charge in [-0.1, -0.05) is 64.0 Å². The number of nitrogens with one attached hydrogen (secondary N) is 1. The number of fused-ring (bicyclic) bond motifs is 2. The van der Waals surface area contributed by atoms with Gasteiger partial charge in [-0.3, -0.25) is 4.79 Å². The van der Waals surface area contributed by atoms with E-state index in [1.807, 2.05) is 6.21 Å². The Morgan fingerprint density at radius 2 is 1.82 bits per heavy atom. The minimum absolute atomic E-state index is 0.0703. The lowest BCUT2D eigenvalue weighted by molar-refractivity contribution is -0.121. The summed E-state index contributed by atoms with van der Waals surface area (Å²) in [4.78, 5) is 11.7. The Bertz CT molecular complexity index is 389. The molecular formula is C19H32N2O. The number of amides is 1. The Morgan fingerprint density at radius 3 is 2.45 bits per heavy atom. The molecule has 0 aliphatic heterocycles. The highest BCUT2D eigenvalue weighted by Gasteiger charge is 2.34. The number of rotatable bonds is 11. The first-order valence-electron chi connectivity index (χ1n) is 9.30. The normalized spacial score (nSPS) is 26.1. The van der Waals surface area contributed by atoms with Crippen molar-refractivity contribution in [2.24, 2.45) is 22.9 Å². The van der Waals surface area contributed by atoms with Gasteiger partial charge in [-0.15, -0.1) is 0 Å². The lowest BCUT2D eigenvalue weighted by atomic mass is 9.95. The summed E-state index contributed by atoms with van der Waals surface area (Å²) >= 11 is 0. The fourth-order valence-corrected chi connectivity index (χ4v) is 3.68. The molecule has 0 radical (unpaired) electrons. The van der Waals surface area contributed by atoms with E-state index in [9.17, 15) is 4.79 Å². The smallest absolute Gasteiger partial charge is 0.240 e. The second-order valence-corrected chi connectivity index (χ2v) is 6.98. The van der Waals surface area contributed by atoms with Gasteiger partial charge in [-0.05, 0) is 31.1 Å². The van der Waals surface area contributed by atoms with E-state index in [1.165, 1.54) is 57.8 Å². The zero-order valence-corrected chi connectivity index (χ0v) is 14.1. The summed E-state index contributed by atoms with van der Waals surface area (Å²) in [5.41, 5.74) is 2.69. The van der Waals surface area contributed by atoms with Gasteiger partial charge >= 0.3 is 0 Å². The van der Waals surface area contributed by atoms with E-state index in [4.69, 9.17) is 0 Å². The summed E-state index contributed by atoms with van der Waals surface area (Å²) in [6.07, 6.45) is 19.8. The average molecular weight is 304 g/mol. The zero-order valence-electron chi connectivity index (χ0n) is 14.1. The van der Waals surface area contributed by atoms with Crippen molar-refractivity contribution in [1.82, 2.24) is 5.43 Å². The van der Waals surface area contributed by atoms with Crippen molar-refractivity contribution in [1.29, 1.82) is 0 Å². The van der Waals surface area contributed by atoms with Crippen LogP contribution in [0.15, 0.2) is 17.3 Å². The SMILES string of the molecule is CCCCCCCCCCC(=O)NN=CC1CC2C=CC1C2. The van der Waals surface area contributed by atoms with E-state index in [-0.39, 0.29) is 5.91 Å². The standard InChI is InChI=1S/C19H32N2O/c1-2-3-4-5-6-7-8-9-10-19(22)21-20-15-18-14-16-11-12-17(18)13-16/h11-12,15-18H,2-10,13-14H2,1H3,(H,21,22). The third-order valence-electron chi connectivity index (χ3n) is 5.04. The molecule has 2 rings (SSSR count). The molecule has 0 saturated heterocycles. The molecule has 1 fully saturated rings. The second kappa shape index (κ2) is 9.81. The number of nitrogens with zero attached hydrogens (tertiary/aromatic N) is 1. The van der Waals surface area contributed by atoms with Gasteiger partial charge in [-0.2, -0.15) is 5.10 Å². The summed E-state index contributed by atoms with van der Waals surface area (Å²) < 4.78 is 0. The number of hydrogen-bond acceptors (Lipinski definition) is 2. The molecule has 2 bridgehead atoms. The molecule has 124 valence electrons. The van der Waals surface area contributed by atoms with Gasteiger partial charge in [0.15, 0.2) is 0 Å². The van der Waals surface area contributed by atoms with Crippen LogP contribution in [0, 0.1) is 17.8 Å². The molecule has 3 nitrogen and oxygen atoms in total. The molecule has 1 N–H and O–H groups in total. The number of hydrazone groups is 1. The molecule has 1 amide bonds. The molecule has 2 aliphatic rings. The average Bonchev–Trinajstić information content (AvgIpc) is 3.13. The molecule has 0 spiro atoms. The summed E-state index contributed by atoms with van der Waals surface area (Å²) in [5, 5.41) is 4.16. The van der Waals surface area contributed by atoms with Crippen LogP contribution in [-0.4, -0.2) is 12.1 Å². The Hall–Kier alpha value is -1.12. The molecule has 1 saturated carbocycles. The van der Waals surface area contributed by atoms with E-state index in [2.05, 4.69) is 29.6 Å². The van der Waals surface area contributed by atoms with Crippen LogP contribution in [0.1, 0.15) is 77.6 Å². The van der Waals surface area contributed by atoms with E-state index in [1.54, 1.807) is 0 Å². The van der Waals surface area contributed by atoms with Crippen LogP contribution >= 0.6 is 0 Å². The molecule has 3 unspecified atom stereocenters. The van der Waals surface area contributed by atoms with E-state index < -0.39 is 0 Å². The molecule has 0 aromatic rings. The third-order valence-corrected chi connectivity index (χ3v) is 5.04. The van der Waals surface area contributed by atoms with Crippen molar-refractivity contribution in [3.8, 4) is 0 Å². The highest BCUT2D eigenvalue weighted by molar-refractivity contribution is 5.77. The van der Waals surface area contributed by atoms with Crippen LogP contribution in [0.2, 0.25) is 0 Å². The number of allylic oxidation sites excluding steroid dienone is 2. The predicted molar refractivity (Wildman–Crippen MR) is 92.7 cm³/mol. The first-order valence-corrected chi connectivity index (χ1v) is 9.30. The van der Waals surface area contributed by atoms with Gasteiger partial charge in [0.2, 0.25) is 5.91 Å². The summed E-state index contributed by atoms with van der Waals surface area (Å²) in [5.74, 6) is 2.03. The monoisotopic (exact) mass is 304 g/mol. The largest absolute Gasteiger partial charge is 0.273 e. The van der Waals surface area contributed by atoms with Crippen molar-refractivity contribution in [3.05, 3.63) is 12.2 Å². The Morgan fingerprint density at radius 1 is 1.09 bits per heavy atom. The lowest BCUT2D eigenvalue weighted by Gasteiger charge is -2.11. The van der Waals surface area contributed by atoms with E-state index in [0.717, 1.165) is 12.3 Å². The molecule has 3 atom stereocenters. The van der Waals surface area contributed by atoms with E-state index in [0.29, 0.717) is 18.3 Å². The van der Waals surface area contributed by atoms with Crippen molar-refractivity contribution >= 4 is 12.1 Å². The van der Waals surface area contributed by atoms with Crippen LogP contribution in [0.4, 0.5) is 0 Å². The maximum atomic E-state index is 11.7.